The smallest absolute Gasteiger partial charge is 0.144 e. The van der Waals surface area contributed by atoms with E-state index in [1.54, 1.807) is 13.2 Å². The number of hydrogen-bond donors (Lipinski definition) is 1. The van der Waals surface area contributed by atoms with Crippen LogP contribution >= 0.6 is 0 Å². The summed E-state index contributed by atoms with van der Waals surface area (Å²) in [4.78, 5) is 8.54. The van der Waals surface area contributed by atoms with Crippen LogP contribution in [-0.2, 0) is 6.42 Å². The second kappa shape index (κ2) is 7.17. The fourth-order valence-electron chi connectivity index (χ4n) is 2.62. The zero-order valence-corrected chi connectivity index (χ0v) is 14.0. The van der Waals surface area contributed by atoms with Gasteiger partial charge < -0.3 is 15.2 Å². The Morgan fingerprint density at radius 2 is 1.76 bits per heavy atom. The molecule has 0 aliphatic carbocycles. The summed E-state index contributed by atoms with van der Waals surface area (Å²) in [5.74, 6) is 0.647. The highest BCUT2D eigenvalue weighted by molar-refractivity contribution is 5.67. The molecule has 3 rings (SSSR count). The third kappa shape index (κ3) is 3.52. The van der Waals surface area contributed by atoms with Gasteiger partial charge in [-0.25, -0.2) is 14.4 Å². The second-order valence-electron chi connectivity index (χ2n) is 5.46. The third-order valence-electron chi connectivity index (χ3n) is 3.88. The van der Waals surface area contributed by atoms with Crippen LogP contribution in [-0.4, -0.2) is 24.2 Å². The van der Waals surface area contributed by atoms with Crippen LogP contribution in [0.25, 0.3) is 11.3 Å². The number of benzene rings is 2. The van der Waals surface area contributed by atoms with E-state index in [0.717, 1.165) is 5.56 Å². The van der Waals surface area contributed by atoms with E-state index in [2.05, 4.69) is 9.97 Å². The minimum atomic E-state index is -0.386. The van der Waals surface area contributed by atoms with Crippen molar-refractivity contribution in [2.24, 2.45) is 0 Å². The van der Waals surface area contributed by atoms with Crippen LogP contribution in [0, 0.1) is 5.82 Å². The molecule has 0 aliphatic heterocycles. The minimum Gasteiger partial charge on any atom is -0.496 e. The number of rotatable bonds is 5. The van der Waals surface area contributed by atoms with Crippen LogP contribution in [0.2, 0.25) is 0 Å². The molecule has 6 heteroatoms. The van der Waals surface area contributed by atoms with E-state index < -0.39 is 0 Å². The molecule has 0 saturated heterocycles. The van der Waals surface area contributed by atoms with Gasteiger partial charge in [0.2, 0.25) is 0 Å². The van der Waals surface area contributed by atoms with Crippen molar-refractivity contribution >= 4 is 5.69 Å². The van der Waals surface area contributed by atoms with E-state index in [-0.39, 0.29) is 5.82 Å². The first-order valence-electron chi connectivity index (χ1n) is 7.68. The Hall–Kier alpha value is -3.15. The Morgan fingerprint density at radius 3 is 2.52 bits per heavy atom. The predicted molar refractivity (Wildman–Crippen MR) is 94.2 cm³/mol. The van der Waals surface area contributed by atoms with Gasteiger partial charge in [0.15, 0.2) is 0 Å². The first-order valence-corrected chi connectivity index (χ1v) is 7.68. The van der Waals surface area contributed by atoms with E-state index in [9.17, 15) is 4.39 Å². The Morgan fingerprint density at radius 1 is 1.00 bits per heavy atom. The Labute approximate surface area is 145 Å². The maximum absolute atomic E-state index is 14.2. The fraction of sp³-hybridized carbons (Fsp3) is 0.158. The van der Waals surface area contributed by atoms with Crippen LogP contribution < -0.4 is 15.2 Å². The van der Waals surface area contributed by atoms with Crippen molar-refractivity contribution in [1.82, 2.24) is 9.97 Å². The van der Waals surface area contributed by atoms with Crippen molar-refractivity contribution in [3.63, 3.8) is 0 Å². The Balaban J connectivity index is 1.94. The van der Waals surface area contributed by atoms with E-state index in [1.807, 2.05) is 30.3 Å². The van der Waals surface area contributed by atoms with Crippen molar-refractivity contribution in [1.29, 1.82) is 0 Å². The highest BCUT2D eigenvalue weighted by Crippen LogP contribution is 2.29. The van der Waals surface area contributed by atoms with E-state index >= 15 is 0 Å². The summed E-state index contributed by atoms with van der Waals surface area (Å²) in [6.07, 6.45) is 1.76. The zero-order chi connectivity index (χ0) is 17.8. The number of hydrogen-bond acceptors (Lipinski definition) is 5. The van der Waals surface area contributed by atoms with Crippen molar-refractivity contribution in [3.8, 4) is 22.8 Å². The second-order valence-corrected chi connectivity index (χ2v) is 5.46. The van der Waals surface area contributed by atoms with Gasteiger partial charge in [0.05, 0.1) is 25.6 Å². The van der Waals surface area contributed by atoms with Crippen molar-refractivity contribution in [3.05, 3.63) is 65.9 Å². The summed E-state index contributed by atoms with van der Waals surface area (Å²) in [7, 11) is 3.06. The van der Waals surface area contributed by atoms with Crippen molar-refractivity contribution < 1.29 is 13.9 Å². The minimum absolute atomic E-state index is 0.296. The van der Waals surface area contributed by atoms with Gasteiger partial charge in [-0.3, -0.25) is 0 Å². The standard InChI is InChI=1S/C19H18FN3O2/c1-24-18-6-4-3-5-14(18)17-9-13(22-11-23-17)7-12-8-16(21)19(25-2)10-15(12)20/h3-6,8-11H,7,21H2,1-2H3. The molecule has 1 heterocycles. The van der Waals surface area contributed by atoms with Crippen LogP contribution in [0.3, 0.4) is 0 Å². The molecule has 2 N–H and O–H groups in total. The number of methoxy groups -OCH3 is 2. The average molecular weight is 339 g/mol. The zero-order valence-electron chi connectivity index (χ0n) is 14.0. The number of halogens is 1. The number of nitrogens with zero attached hydrogens (tertiary/aromatic N) is 2. The molecule has 3 aromatic rings. The lowest BCUT2D eigenvalue weighted by Gasteiger charge is -2.10. The van der Waals surface area contributed by atoms with Gasteiger partial charge in [-0.2, -0.15) is 0 Å². The fourth-order valence-corrected chi connectivity index (χ4v) is 2.62. The quantitative estimate of drug-likeness (QED) is 0.721. The summed E-state index contributed by atoms with van der Waals surface area (Å²) in [6.45, 7) is 0. The van der Waals surface area contributed by atoms with Crippen molar-refractivity contribution in [2.75, 3.05) is 20.0 Å². The topological polar surface area (TPSA) is 70.3 Å². The normalized spacial score (nSPS) is 10.5. The Bertz CT molecular complexity index is 900. The molecule has 0 amide bonds. The largest absolute Gasteiger partial charge is 0.496 e. The number of nitrogens with two attached hydrogens (primary N) is 1. The average Bonchev–Trinajstić information content (AvgIpc) is 2.64. The summed E-state index contributed by atoms with van der Waals surface area (Å²) < 4.78 is 24.6. The maximum Gasteiger partial charge on any atom is 0.144 e. The van der Waals surface area contributed by atoms with Crippen LogP contribution in [0.4, 0.5) is 10.1 Å². The highest BCUT2D eigenvalue weighted by Gasteiger charge is 2.12. The molecule has 0 fully saturated rings. The predicted octanol–water partition coefficient (Wildman–Crippen LogP) is 3.47. The van der Waals surface area contributed by atoms with E-state index in [1.165, 1.54) is 19.5 Å². The molecule has 0 aliphatic rings. The summed E-state index contributed by atoms with van der Waals surface area (Å²) in [5.41, 5.74) is 8.95. The van der Waals surface area contributed by atoms with Crippen LogP contribution in [0.1, 0.15) is 11.3 Å². The molecular formula is C19H18FN3O2. The van der Waals surface area contributed by atoms with Crippen molar-refractivity contribution in [2.45, 2.75) is 6.42 Å². The summed E-state index contributed by atoms with van der Waals surface area (Å²) >= 11 is 0. The molecule has 2 aromatic carbocycles. The lowest BCUT2D eigenvalue weighted by atomic mass is 10.0. The molecule has 25 heavy (non-hydrogen) atoms. The summed E-state index contributed by atoms with van der Waals surface area (Å²) in [6, 6.07) is 12.2. The van der Waals surface area contributed by atoms with Gasteiger partial charge in [-0.05, 0) is 29.8 Å². The summed E-state index contributed by atoms with van der Waals surface area (Å²) in [5, 5.41) is 0. The molecule has 0 radical (unpaired) electrons. The van der Waals surface area contributed by atoms with Gasteiger partial charge in [0.1, 0.15) is 23.6 Å². The lowest BCUT2D eigenvalue weighted by molar-refractivity contribution is 0.413. The van der Waals surface area contributed by atoms with Gasteiger partial charge in [-0.15, -0.1) is 0 Å². The number of anilines is 1. The number of ether oxygens (including phenoxy) is 2. The van der Waals surface area contributed by atoms with Gasteiger partial charge in [0.25, 0.3) is 0 Å². The molecular weight excluding hydrogens is 321 g/mol. The first-order chi connectivity index (χ1) is 12.1. The van der Waals surface area contributed by atoms with Crippen LogP contribution in [0.15, 0.2) is 48.8 Å². The van der Waals surface area contributed by atoms with E-state index in [4.69, 9.17) is 15.2 Å². The van der Waals surface area contributed by atoms with Gasteiger partial charge in [-0.1, -0.05) is 12.1 Å². The first kappa shape index (κ1) is 16.7. The molecule has 0 bridgehead atoms. The number of nitrogen functional groups attached to an aromatic ring is 1. The Kier molecular flexibility index (Phi) is 4.79. The van der Waals surface area contributed by atoms with E-state index in [0.29, 0.717) is 40.6 Å². The SMILES string of the molecule is COc1cc(F)c(Cc2cc(-c3ccccc3OC)ncn2)cc1N. The maximum atomic E-state index is 14.2. The molecule has 0 saturated carbocycles. The molecule has 1 aromatic heterocycles. The molecule has 0 unspecified atom stereocenters. The van der Waals surface area contributed by atoms with Gasteiger partial charge in [0, 0.05) is 23.7 Å². The van der Waals surface area contributed by atoms with Crippen LogP contribution in [0.5, 0.6) is 11.5 Å². The number of para-hydroxylation sites is 1. The molecule has 0 spiro atoms. The molecule has 128 valence electrons. The lowest BCUT2D eigenvalue weighted by Crippen LogP contribution is -2.01. The molecule has 0 atom stereocenters. The third-order valence-corrected chi connectivity index (χ3v) is 3.88. The molecule has 5 nitrogen and oxygen atoms in total. The van der Waals surface area contributed by atoms with Gasteiger partial charge >= 0.3 is 0 Å². The number of aromatic nitrogens is 2. The monoisotopic (exact) mass is 339 g/mol. The highest BCUT2D eigenvalue weighted by atomic mass is 19.1.